The number of para-hydroxylation sites is 1. The summed E-state index contributed by atoms with van der Waals surface area (Å²) < 4.78 is 2.42. The number of aromatic nitrogens is 1. The maximum atomic E-state index is 6.54. The Morgan fingerprint density at radius 2 is 1.12 bits per heavy atom. The van der Waals surface area contributed by atoms with Gasteiger partial charge in [-0.05, 0) is 90.4 Å². The first-order valence-electron chi connectivity index (χ1n) is 17.0. The van der Waals surface area contributed by atoms with Crippen LogP contribution in [0.5, 0.6) is 0 Å². The molecule has 236 valence electrons. The van der Waals surface area contributed by atoms with Gasteiger partial charge >= 0.3 is 0 Å². The van der Waals surface area contributed by atoms with Crippen LogP contribution in [0.15, 0.2) is 164 Å². The van der Waals surface area contributed by atoms with Gasteiger partial charge in [0.05, 0.1) is 11.0 Å². The van der Waals surface area contributed by atoms with Gasteiger partial charge in [0, 0.05) is 21.5 Å². The van der Waals surface area contributed by atoms with Gasteiger partial charge in [-0.15, -0.1) is 0 Å². The number of fused-ring (bicyclic) bond motifs is 6. The number of benzene rings is 7. The molecule has 1 aliphatic rings. The van der Waals surface area contributed by atoms with E-state index >= 15 is 0 Å². The predicted octanol–water partition coefficient (Wildman–Crippen LogP) is 9.76. The van der Waals surface area contributed by atoms with Crippen molar-refractivity contribution in [3.8, 4) is 27.9 Å². The van der Waals surface area contributed by atoms with Crippen molar-refractivity contribution in [1.82, 2.24) is 4.57 Å². The molecule has 7 aromatic carbocycles. The van der Waals surface area contributed by atoms with Crippen LogP contribution in [0.2, 0.25) is 5.02 Å². The standard InChI is InChI=1S/C46H36ClNSi/c1-46(2,3)33-19-28-45-41(29-33)39-14-8-10-16-44(39)49(45,36-24-20-34(47)21-25-36)37-26-27-43-40(30-37)38-13-7-9-15-42(38)48(43)35-22-17-32(18-23-35)31-11-5-4-6-12-31/h4-30H,1-3H3. The van der Waals surface area contributed by atoms with E-state index in [2.05, 4.69) is 189 Å². The molecule has 1 aromatic heterocycles. The van der Waals surface area contributed by atoms with Crippen LogP contribution in [0, 0.1) is 0 Å². The molecule has 0 radical (unpaired) electrons. The Kier molecular flexibility index (Phi) is 6.85. The number of rotatable bonds is 4. The van der Waals surface area contributed by atoms with E-state index in [0.717, 1.165) is 10.7 Å². The molecule has 0 spiro atoms. The lowest BCUT2D eigenvalue weighted by molar-refractivity contribution is 0.590. The summed E-state index contributed by atoms with van der Waals surface area (Å²) in [5.74, 6) is 0. The van der Waals surface area contributed by atoms with Crippen LogP contribution < -0.4 is 20.7 Å². The summed E-state index contributed by atoms with van der Waals surface area (Å²) in [6.07, 6.45) is 0. The normalized spacial score (nSPS) is 15.4. The molecular formula is C46H36ClNSi. The van der Waals surface area contributed by atoms with Crippen LogP contribution in [0.25, 0.3) is 49.7 Å². The van der Waals surface area contributed by atoms with Gasteiger partial charge < -0.3 is 4.57 Å². The fourth-order valence-electron chi connectivity index (χ4n) is 8.16. The van der Waals surface area contributed by atoms with Crippen LogP contribution in [0.1, 0.15) is 26.3 Å². The van der Waals surface area contributed by atoms with Crippen molar-refractivity contribution in [3.63, 3.8) is 0 Å². The molecule has 0 amide bonds. The molecule has 0 saturated heterocycles. The van der Waals surface area contributed by atoms with Crippen molar-refractivity contribution in [1.29, 1.82) is 0 Å². The Labute approximate surface area is 294 Å². The summed E-state index contributed by atoms with van der Waals surface area (Å²) in [5.41, 5.74) is 10.2. The maximum absolute atomic E-state index is 6.54. The number of hydrogen-bond donors (Lipinski definition) is 0. The molecule has 1 aliphatic heterocycles. The van der Waals surface area contributed by atoms with Crippen LogP contribution in [-0.4, -0.2) is 12.6 Å². The van der Waals surface area contributed by atoms with Gasteiger partial charge in [-0.1, -0.05) is 160 Å². The summed E-state index contributed by atoms with van der Waals surface area (Å²) in [4.78, 5) is 0. The average molecular weight is 666 g/mol. The second kappa shape index (κ2) is 11.2. The Hall–Kier alpha value is -5.15. The monoisotopic (exact) mass is 665 g/mol. The zero-order valence-corrected chi connectivity index (χ0v) is 29.7. The Morgan fingerprint density at radius 1 is 0.490 bits per heavy atom. The molecule has 49 heavy (non-hydrogen) atoms. The summed E-state index contributed by atoms with van der Waals surface area (Å²) in [6, 6.07) is 60.8. The molecule has 3 heteroatoms. The lowest BCUT2D eigenvalue weighted by Crippen LogP contribution is -2.72. The summed E-state index contributed by atoms with van der Waals surface area (Å²) in [7, 11) is -2.72. The van der Waals surface area contributed by atoms with E-state index in [4.69, 9.17) is 11.6 Å². The second-order valence-corrected chi connectivity index (χ2v) is 18.5. The number of halogens is 1. The van der Waals surface area contributed by atoms with E-state index in [9.17, 15) is 0 Å². The van der Waals surface area contributed by atoms with Crippen molar-refractivity contribution < 1.29 is 0 Å². The first kappa shape index (κ1) is 29.9. The highest BCUT2D eigenvalue weighted by molar-refractivity contribution is 7.22. The first-order valence-corrected chi connectivity index (χ1v) is 19.4. The number of hydrogen-bond acceptors (Lipinski definition) is 0. The van der Waals surface area contributed by atoms with E-state index in [1.807, 2.05) is 0 Å². The summed E-state index contributed by atoms with van der Waals surface area (Å²) in [6.45, 7) is 6.91. The lowest BCUT2D eigenvalue weighted by atomic mass is 9.85. The van der Waals surface area contributed by atoms with Gasteiger partial charge in [-0.25, -0.2) is 0 Å². The molecule has 1 atom stereocenters. The highest BCUT2D eigenvalue weighted by Gasteiger charge is 2.49. The summed E-state index contributed by atoms with van der Waals surface area (Å²) in [5, 5.41) is 8.94. The average Bonchev–Trinajstić information content (AvgIpc) is 3.62. The van der Waals surface area contributed by atoms with Crippen LogP contribution in [-0.2, 0) is 5.41 Å². The Balaban J connectivity index is 1.31. The van der Waals surface area contributed by atoms with Gasteiger partial charge in [-0.3, -0.25) is 0 Å². The van der Waals surface area contributed by atoms with Crippen LogP contribution >= 0.6 is 11.6 Å². The largest absolute Gasteiger partial charge is 0.309 e. The van der Waals surface area contributed by atoms with Crippen molar-refractivity contribution >= 4 is 62.2 Å². The fraction of sp³-hybridized carbons (Fsp3) is 0.0870. The molecule has 1 unspecified atom stereocenters. The molecule has 0 saturated carbocycles. The minimum atomic E-state index is -2.72. The Bertz CT molecular complexity index is 2520. The molecule has 9 rings (SSSR count). The van der Waals surface area contributed by atoms with Crippen molar-refractivity contribution in [2.75, 3.05) is 0 Å². The third-order valence-corrected chi connectivity index (χ3v) is 15.6. The maximum Gasteiger partial charge on any atom is 0.180 e. The lowest BCUT2D eigenvalue weighted by Gasteiger charge is -2.32. The highest BCUT2D eigenvalue weighted by Crippen LogP contribution is 2.36. The van der Waals surface area contributed by atoms with Crippen molar-refractivity contribution in [3.05, 3.63) is 174 Å². The van der Waals surface area contributed by atoms with Crippen LogP contribution in [0.3, 0.4) is 0 Å². The van der Waals surface area contributed by atoms with E-state index in [-0.39, 0.29) is 5.41 Å². The van der Waals surface area contributed by atoms with E-state index < -0.39 is 8.07 Å². The van der Waals surface area contributed by atoms with E-state index in [0.29, 0.717) is 0 Å². The quantitative estimate of drug-likeness (QED) is 0.165. The fourth-order valence-corrected chi connectivity index (χ4v) is 13.4. The number of nitrogens with zero attached hydrogens (tertiary/aromatic N) is 1. The molecule has 0 aliphatic carbocycles. The molecular weight excluding hydrogens is 630 g/mol. The van der Waals surface area contributed by atoms with Gasteiger partial charge in [0.15, 0.2) is 8.07 Å². The highest BCUT2D eigenvalue weighted by atomic mass is 35.5. The zero-order chi connectivity index (χ0) is 33.3. The molecule has 0 fully saturated rings. The third kappa shape index (κ3) is 4.59. The topological polar surface area (TPSA) is 4.93 Å². The summed E-state index contributed by atoms with van der Waals surface area (Å²) >= 11 is 6.54. The van der Waals surface area contributed by atoms with Gasteiger partial charge in [0.2, 0.25) is 0 Å². The van der Waals surface area contributed by atoms with Gasteiger partial charge in [0.25, 0.3) is 0 Å². The van der Waals surface area contributed by atoms with E-state index in [1.165, 1.54) is 70.4 Å². The molecule has 8 aromatic rings. The van der Waals surface area contributed by atoms with E-state index in [1.54, 1.807) is 0 Å². The minimum Gasteiger partial charge on any atom is -0.309 e. The Morgan fingerprint density at radius 3 is 1.90 bits per heavy atom. The van der Waals surface area contributed by atoms with Crippen molar-refractivity contribution in [2.45, 2.75) is 26.2 Å². The molecule has 0 bridgehead atoms. The predicted molar refractivity (Wildman–Crippen MR) is 213 cm³/mol. The molecule has 0 N–H and O–H groups in total. The van der Waals surface area contributed by atoms with Crippen molar-refractivity contribution in [2.24, 2.45) is 0 Å². The molecule has 1 nitrogen and oxygen atoms in total. The smallest absolute Gasteiger partial charge is 0.180 e. The molecule has 2 heterocycles. The first-order chi connectivity index (χ1) is 23.8. The SMILES string of the molecule is CC(C)(C)c1ccc2c(c1)-c1ccccc1[Si]2(c1ccc(Cl)cc1)c1ccc2c(c1)c1ccccc1n2-c1ccc(-c2ccccc2)cc1. The van der Waals surface area contributed by atoms with Gasteiger partial charge in [-0.2, -0.15) is 0 Å². The zero-order valence-electron chi connectivity index (χ0n) is 27.9. The van der Waals surface area contributed by atoms with Crippen LogP contribution in [0.4, 0.5) is 0 Å². The van der Waals surface area contributed by atoms with Gasteiger partial charge in [0.1, 0.15) is 0 Å². The minimum absolute atomic E-state index is 0.0527. The third-order valence-electron chi connectivity index (χ3n) is 10.5. The second-order valence-electron chi connectivity index (χ2n) is 14.3.